The molecule has 1 aromatic rings. The van der Waals surface area contributed by atoms with Crippen molar-refractivity contribution < 1.29 is 14.3 Å². The van der Waals surface area contributed by atoms with Gasteiger partial charge in [-0.2, -0.15) is 11.8 Å². The number of hydrogen-bond acceptors (Lipinski definition) is 3. The first-order chi connectivity index (χ1) is 9.06. The van der Waals surface area contributed by atoms with Crippen LogP contribution in [-0.4, -0.2) is 35.8 Å². The van der Waals surface area contributed by atoms with Gasteiger partial charge in [0.1, 0.15) is 5.82 Å². The number of rotatable bonds is 6. The first-order valence-corrected chi connectivity index (χ1v) is 7.46. The molecule has 4 nitrogen and oxygen atoms in total. The minimum Gasteiger partial charge on any atom is -0.396 e. The minimum atomic E-state index is -0.462. The Morgan fingerprint density at radius 3 is 2.89 bits per heavy atom. The maximum absolute atomic E-state index is 12.9. The predicted molar refractivity (Wildman–Crippen MR) is 77.4 cm³/mol. The molecule has 0 saturated heterocycles. The monoisotopic (exact) mass is 306 g/mol. The van der Waals surface area contributed by atoms with Gasteiger partial charge in [-0.25, -0.2) is 9.18 Å². The van der Waals surface area contributed by atoms with Gasteiger partial charge in [0.15, 0.2) is 0 Å². The molecule has 0 aliphatic carbocycles. The predicted octanol–water partition coefficient (Wildman–Crippen LogP) is 2.71. The first kappa shape index (κ1) is 16.1. The van der Waals surface area contributed by atoms with Crippen LogP contribution in [0.15, 0.2) is 18.2 Å². The van der Waals surface area contributed by atoms with E-state index in [1.807, 2.05) is 6.26 Å². The highest BCUT2D eigenvalue weighted by atomic mass is 35.5. The van der Waals surface area contributed by atoms with E-state index < -0.39 is 11.8 Å². The number of nitrogens with one attached hydrogen (secondary N) is 2. The Kier molecular flexibility index (Phi) is 6.97. The van der Waals surface area contributed by atoms with Crippen LogP contribution >= 0.6 is 23.4 Å². The second-order valence-corrected chi connectivity index (χ2v) is 5.21. The van der Waals surface area contributed by atoms with Gasteiger partial charge in [0.25, 0.3) is 0 Å². The van der Waals surface area contributed by atoms with E-state index in [1.54, 1.807) is 11.8 Å². The topological polar surface area (TPSA) is 61.4 Å². The molecule has 2 amide bonds. The van der Waals surface area contributed by atoms with Gasteiger partial charge < -0.3 is 15.7 Å². The highest BCUT2D eigenvalue weighted by molar-refractivity contribution is 7.98. The number of aliphatic hydroxyl groups excluding tert-OH is 1. The molecule has 0 radical (unpaired) electrons. The van der Waals surface area contributed by atoms with E-state index in [4.69, 9.17) is 16.7 Å². The Morgan fingerprint density at radius 1 is 1.58 bits per heavy atom. The number of amides is 2. The molecule has 0 spiro atoms. The third kappa shape index (κ3) is 5.67. The maximum Gasteiger partial charge on any atom is 0.319 e. The molecular weight excluding hydrogens is 291 g/mol. The lowest BCUT2D eigenvalue weighted by atomic mass is 10.2. The Morgan fingerprint density at radius 2 is 2.32 bits per heavy atom. The number of aliphatic hydroxyl groups is 1. The number of carbonyl (C=O) groups excluding carboxylic acids is 1. The summed E-state index contributed by atoms with van der Waals surface area (Å²) in [6.07, 6.45) is 2.40. The summed E-state index contributed by atoms with van der Waals surface area (Å²) in [4.78, 5) is 11.7. The standard InChI is InChI=1S/C12H16ClFN2O2S/c1-19-7-9(4-5-17)15-12(18)16-11-3-2-8(14)6-10(11)13/h2-3,6,9,17H,4-5,7H2,1H3,(H2,15,16,18)/t9-/m1/s1. The van der Waals surface area contributed by atoms with Crippen LogP contribution in [0.5, 0.6) is 0 Å². The zero-order valence-electron chi connectivity index (χ0n) is 10.5. The second-order valence-electron chi connectivity index (χ2n) is 3.89. The Labute approximate surface area is 120 Å². The average molecular weight is 307 g/mol. The van der Waals surface area contributed by atoms with E-state index >= 15 is 0 Å². The highest BCUT2D eigenvalue weighted by Crippen LogP contribution is 2.22. The minimum absolute atomic E-state index is 0.00279. The van der Waals surface area contributed by atoms with Crippen molar-refractivity contribution in [1.29, 1.82) is 0 Å². The van der Waals surface area contributed by atoms with Crippen molar-refractivity contribution in [1.82, 2.24) is 5.32 Å². The molecule has 106 valence electrons. The molecule has 1 rings (SSSR count). The average Bonchev–Trinajstić information content (AvgIpc) is 2.33. The van der Waals surface area contributed by atoms with Crippen LogP contribution < -0.4 is 10.6 Å². The quantitative estimate of drug-likeness (QED) is 0.757. The molecular formula is C12H16ClFN2O2S. The number of halogens is 2. The molecule has 1 atom stereocenters. The molecule has 3 N–H and O–H groups in total. The van der Waals surface area contributed by atoms with Gasteiger partial charge >= 0.3 is 6.03 Å². The van der Waals surface area contributed by atoms with Crippen LogP contribution in [0.25, 0.3) is 0 Å². The van der Waals surface area contributed by atoms with Crippen molar-refractivity contribution in [2.24, 2.45) is 0 Å². The van der Waals surface area contributed by atoms with Crippen LogP contribution in [0.4, 0.5) is 14.9 Å². The molecule has 1 aromatic carbocycles. The fraction of sp³-hybridized carbons (Fsp3) is 0.417. The molecule has 0 bridgehead atoms. The van der Waals surface area contributed by atoms with Gasteiger partial charge in [-0.15, -0.1) is 0 Å². The fourth-order valence-electron chi connectivity index (χ4n) is 1.49. The highest BCUT2D eigenvalue weighted by Gasteiger charge is 2.12. The summed E-state index contributed by atoms with van der Waals surface area (Å²) in [5.74, 6) is 0.238. The van der Waals surface area contributed by atoms with Gasteiger partial charge in [-0.3, -0.25) is 0 Å². The lowest BCUT2D eigenvalue weighted by Crippen LogP contribution is -2.40. The summed E-state index contributed by atoms with van der Waals surface area (Å²) in [6, 6.07) is 3.19. The summed E-state index contributed by atoms with van der Waals surface area (Å²) >= 11 is 7.38. The van der Waals surface area contributed by atoms with E-state index in [1.165, 1.54) is 12.1 Å². The van der Waals surface area contributed by atoms with Crippen LogP contribution in [0, 0.1) is 5.82 Å². The number of hydrogen-bond donors (Lipinski definition) is 3. The lowest BCUT2D eigenvalue weighted by Gasteiger charge is -2.17. The molecule has 7 heteroatoms. The number of carbonyl (C=O) groups is 1. The van der Waals surface area contributed by atoms with Gasteiger partial charge in [-0.1, -0.05) is 11.6 Å². The van der Waals surface area contributed by atoms with Crippen molar-refractivity contribution in [2.45, 2.75) is 12.5 Å². The van der Waals surface area contributed by atoms with Crippen LogP contribution in [-0.2, 0) is 0 Å². The van der Waals surface area contributed by atoms with E-state index in [0.717, 1.165) is 6.07 Å². The Balaban J connectivity index is 2.58. The molecule has 0 unspecified atom stereocenters. The molecule has 19 heavy (non-hydrogen) atoms. The molecule has 0 saturated carbocycles. The molecule has 0 aromatic heterocycles. The maximum atomic E-state index is 12.9. The van der Waals surface area contributed by atoms with Crippen LogP contribution in [0.3, 0.4) is 0 Å². The smallest absolute Gasteiger partial charge is 0.319 e. The van der Waals surface area contributed by atoms with E-state index in [0.29, 0.717) is 17.9 Å². The summed E-state index contributed by atoms with van der Waals surface area (Å²) in [5, 5.41) is 14.3. The summed E-state index contributed by atoms with van der Waals surface area (Å²) in [6.45, 7) is 0.00279. The first-order valence-electron chi connectivity index (χ1n) is 5.69. The molecule has 0 fully saturated rings. The third-order valence-corrected chi connectivity index (χ3v) is 3.41. The van der Waals surface area contributed by atoms with Gasteiger partial charge in [0, 0.05) is 18.4 Å². The number of anilines is 1. The number of urea groups is 1. The normalized spacial score (nSPS) is 12.0. The van der Waals surface area contributed by atoms with Crippen LogP contribution in [0.1, 0.15) is 6.42 Å². The lowest BCUT2D eigenvalue weighted by molar-refractivity contribution is 0.241. The van der Waals surface area contributed by atoms with Gasteiger partial charge in [0.05, 0.1) is 10.7 Å². The van der Waals surface area contributed by atoms with E-state index in [9.17, 15) is 9.18 Å². The van der Waals surface area contributed by atoms with Gasteiger partial charge in [-0.05, 0) is 30.9 Å². The summed E-state index contributed by atoms with van der Waals surface area (Å²) in [7, 11) is 0. The van der Waals surface area contributed by atoms with Crippen molar-refractivity contribution in [3.8, 4) is 0 Å². The van der Waals surface area contributed by atoms with Crippen molar-refractivity contribution in [2.75, 3.05) is 23.9 Å². The summed E-state index contributed by atoms with van der Waals surface area (Å²) in [5.41, 5.74) is 0.340. The second kappa shape index (κ2) is 8.24. The fourth-order valence-corrected chi connectivity index (χ4v) is 2.36. The third-order valence-electron chi connectivity index (χ3n) is 2.36. The number of thioether (sulfide) groups is 1. The molecule has 0 aliphatic rings. The van der Waals surface area contributed by atoms with Crippen molar-refractivity contribution >= 4 is 35.1 Å². The molecule has 0 aliphatic heterocycles. The van der Waals surface area contributed by atoms with E-state index in [-0.39, 0.29) is 17.7 Å². The number of benzene rings is 1. The van der Waals surface area contributed by atoms with Crippen LogP contribution in [0.2, 0.25) is 5.02 Å². The van der Waals surface area contributed by atoms with E-state index in [2.05, 4.69) is 10.6 Å². The zero-order chi connectivity index (χ0) is 14.3. The SMILES string of the molecule is CSC[C@@H](CCO)NC(=O)Nc1ccc(F)cc1Cl. The summed E-state index contributed by atoms with van der Waals surface area (Å²) < 4.78 is 12.9. The van der Waals surface area contributed by atoms with Crippen molar-refractivity contribution in [3.63, 3.8) is 0 Å². The largest absolute Gasteiger partial charge is 0.396 e. The van der Waals surface area contributed by atoms with Gasteiger partial charge in [0.2, 0.25) is 0 Å². The van der Waals surface area contributed by atoms with Crippen molar-refractivity contribution in [3.05, 3.63) is 29.0 Å². The Hall–Kier alpha value is -0.980. The zero-order valence-corrected chi connectivity index (χ0v) is 12.0. The Bertz CT molecular complexity index is 428. The molecule has 0 heterocycles.